The number of halogens is 2. The highest BCUT2D eigenvalue weighted by Gasteiger charge is 2.15. The fraction of sp³-hybridized carbons (Fsp3) is 0. The highest BCUT2D eigenvalue weighted by molar-refractivity contribution is 9.10. The molecule has 4 rings (SSSR count). The predicted octanol–water partition coefficient (Wildman–Crippen LogP) is 5.02. The maximum atomic E-state index is 6.08. The third kappa shape index (κ3) is 2.86. The Labute approximate surface area is 151 Å². The van der Waals surface area contributed by atoms with Crippen molar-refractivity contribution in [1.29, 1.82) is 0 Å². The Kier molecular flexibility index (Phi) is 3.92. The number of nitrogens with zero attached hydrogens (tertiary/aromatic N) is 4. The first-order chi connectivity index (χ1) is 11.7. The molecule has 0 fully saturated rings. The summed E-state index contributed by atoms with van der Waals surface area (Å²) in [5.41, 5.74) is 1.48. The van der Waals surface area contributed by atoms with Crippen molar-refractivity contribution in [2.24, 2.45) is 0 Å². The molecule has 0 radical (unpaired) electrons. The van der Waals surface area contributed by atoms with Crippen molar-refractivity contribution in [3.05, 3.63) is 70.6 Å². The number of ether oxygens (including phenoxy) is 1. The summed E-state index contributed by atoms with van der Waals surface area (Å²) in [6, 6.07) is 17.2. The average molecular weight is 402 g/mol. The lowest BCUT2D eigenvalue weighted by Crippen LogP contribution is -1.99. The molecule has 24 heavy (non-hydrogen) atoms. The third-order valence-electron chi connectivity index (χ3n) is 3.40. The van der Waals surface area contributed by atoms with E-state index in [1.165, 1.54) is 0 Å². The molecule has 0 aliphatic rings. The van der Waals surface area contributed by atoms with Gasteiger partial charge in [0, 0.05) is 4.47 Å². The molecule has 0 aliphatic carbocycles. The Balaban J connectivity index is 1.82. The number of hydrogen-bond donors (Lipinski definition) is 0. The molecular weight excluding hydrogens is 392 g/mol. The normalized spacial score (nSPS) is 10.9. The Bertz CT molecular complexity index is 1000. The lowest BCUT2D eigenvalue weighted by molar-refractivity contribution is 0.468. The fourth-order valence-electron chi connectivity index (χ4n) is 2.31. The molecule has 7 heteroatoms. The van der Waals surface area contributed by atoms with Crippen molar-refractivity contribution < 1.29 is 4.74 Å². The summed E-state index contributed by atoms with van der Waals surface area (Å²) in [5.74, 6) is 1.02. The van der Waals surface area contributed by atoms with E-state index in [4.69, 9.17) is 16.3 Å². The maximum Gasteiger partial charge on any atom is 0.234 e. The summed E-state index contributed by atoms with van der Waals surface area (Å²) in [4.78, 5) is 8.49. The van der Waals surface area contributed by atoms with E-state index in [1.54, 1.807) is 10.9 Å². The number of rotatable bonds is 3. The minimum absolute atomic E-state index is 0.104. The van der Waals surface area contributed by atoms with Gasteiger partial charge in [0.15, 0.2) is 5.65 Å². The average Bonchev–Trinajstić information content (AvgIpc) is 3.01. The third-order valence-corrected chi connectivity index (χ3v) is 4.09. The maximum absolute atomic E-state index is 6.08. The van der Waals surface area contributed by atoms with Crippen molar-refractivity contribution in [3.63, 3.8) is 0 Å². The van der Waals surface area contributed by atoms with E-state index in [0.717, 1.165) is 10.2 Å². The highest BCUT2D eigenvalue weighted by Crippen LogP contribution is 2.30. The van der Waals surface area contributed by atoms with Crippen LogP contribution in [0.4, 0.5) is 0 Å². The first-order valence-corrected chi connectivity index (χ1v) is 8.28. The Morgan fingerprint density at radius 2 is 1.71 bits per heavy atom. The van der Waals surface area contributed by atoms with Crippen LogP contribution in [-0.4, -0.2) is 19.7 Å². The molecule has 0 saturated heterocycles. The second-order valence-electron chi connectivity index (χ2n) is 4.98. The van der Waals surface area contributed by atoms with Gasteiger partial charge < -0.3 is 4.74 Å². The van der Waals surface area contributed by atoms with E-state index in [-0.39, 0.29) is 5.28 Å². The van der Waals surface area contributed by atoms with Crippen LogP contribution >= 0.6 is 27.5 Å². The SMILES string of the molecule is Clc1nc(Oc2ccc(Br)cc2)c2cnn(-c3ccccc3)c2n1. The molecule has 0 bridgehead atoms. The number of aromatic nitrogens is 4. The van der Waals surface area contributed by atoms with Crippen LogP contribution in [0.1, 0.15) is 0 Å². The summed E-state index contributed by atoms with van der Waals surface area (Å²) < 4.78 is 8.54. The van der Waals surface area contributed by atoms with Crippen LogP contribution in [0.2, 0.25) is 5.28 Å². The van der Waals surface area contributed by atoms with Crippen LogP contribution in [0, 0.1) is 0 Å². The molecule has 0 N–H and O–H groups in total. The van der Waals surface area contributed by atoms with E-state index in [1.807, 2.05) is 54.6 Å². The summed E-state index contributed by atoms with van der Waals surface area (Å²) in [7, 11) is 0. The Morgan fingerprint density at radius 3 is 2.46 bits per heavy atom. The molecular formula is C17H10BrClN4O. The smallest absolute Gasteiger partial charge is 0.234 e. The van der Waals surface area contributed by atoms with Crippen molar-refractivity contribution in [2.75, 3.05) is 0 Å². The molecule has 0 atom stereocenters. The first kappa shape index (κ1) is 15.1. The van der Waals surface area contributed by atoms with E-state index in [0.29, 0.717) is 22.7 Å². The second-order valence-corrected chi connectivity index (χ2v) is 6.24. The zero-order valence-electron chi connectivity index (χ0n) is 12.2. The van der Waals surface area contributed by atoms with Gasteiger partial charge in [-0.1, -0.05) is 34.1 Å². The zero-order chi connectivity index (χ0) is 16.5. The van der Waals surface area contributed by atoms with Crippen LogP contribution < -0.4 is 4.74 Å². The van der Waals surface area contributed by atoms with Crippen LogP contribution in [0.15, 0.2) is 65.3 Å². The number of benzene rings is 2. The molecule has 2 aromatic heterocycles. The number of hydrogen-bond acceptors (Lipinski definition) is 4. The van der Waals surface area contributed by atoms with Crippen molar-refractivity contribution in [1.82, 2.24) is 19.7 Å². The molecule has 0 amide bonds. The van der Waals surface area contributed by atoms with Crippen molar-refractivity contribution >= 4 is 38.6 Å². The molecule has 0 saturated carbocycles. The van der Waals surface area contributed by atoms with Gasteiger partial charge >= 0.3 is 0 Å². The molecule has 0 unspecified atom stereocenters. The Hall–Kier alpha value is -2.44. The molecule has 0 aliphatic heterocycles. The zero-order valence-corrected chi connectivity index (χ0v) is 14.6. The number of fused-ring (bicyclic) bond motifs is 1. The fourth-order valence-corrected chi connectivity index (χ4v) is 2.73. The summed E-state index contributed by atoms with van der Waals surface area (Å²) in [6.45, 7) is 0. The van der Waals surface area contributed by atoms with Crippen molar-refractivity contribution in [2.45, 2.75) is 0 Å². The standard InChI is InChI=1S/C17H10BrClN4O/c18-11-6-8-13(9-7-11)24-16-14-10-20-23(12-4-2-1-3-5-12)15(14)21-17(19)22-16/h1-10H. The van der Waals surface area contributed by atoms with E-state index in [9.17, 15) is 0 Å². The van der Waals surface area contributed by atoms with E-state index < -0.39 is 0 Å². The predicted molar refractivity (Wildman–Crippen MR) is 95.9 cm³/mol. The van der Waals surface area contributed by atoms with Gasteiger partial charge in [-0.25, -0.2) is 4.68 Å². The lowest BCUT2D eigenvalue weighted by atomic mass is 10.3. The molecule has 4 aromatic rings. The minimum atomic E-state index is 0.104. The van der Waals surface area contributed by atoms with Crippen LogP contribution in [-0.2, 0) is 0 Å². The van der Waals surface area contributed by atoms with Gasteiger partial charge in [0.2, 0.25) is 11.2 Å². The summed E-state index contributed by atoms with van der Waals surface area (Å²) in [6.07, 6.45) is 1.67. The first-order valence-electron chi connectivity index (χ1n) is 7.11. The monoisotopic (exact) mass is 400 g/mol. The van der Waals surface area contributed by atoms with Gasteiger partial charge in [0.25, 0.3) is 0 Å². The van der Waals surface area contributed by atoms with Gasteiger partial charge in [-0.05, 0) is 48.0 Å². The van der Waals surface area contributed by atoms with Crippen LogP contribution in [0.5, 0.6) is 11.6 Å². The largest absolute Gasteiger partial charge is 0.438 e. The quantitative estimate of drug-likeness (QED) is 0.452. The number of para-hydroxylation sites is 1. The van der Waals surface area contributed by atoms with Gasteiger partial charge in [-0.2, -0.15) is 15.1 Å². The molecule has 0 spiro atoms. The topological polar surface area (TPSA) is 52.8 Å². The highest BCUT2D eigenvalue weighted by atomic mass is 79.9. The van der Waals surface area contributed by atoms with E-state index in [2.05, 4.69) is 31.0 Å². The molecule has 118 valence electrons. The Morgan fingerprint density at radius 1 is 0.958 bits per heavy atom. The summed E-state index contributed by atoms with van der Waals surface area (Å²) >= 11 is 9.48. The van der Waals surface area contributed by atoms with Crippen molar-refractivity contribution in [3.8, 4) is 17.3 Å². The summed E-state index contributed by atoms with van der Waals surface area (Å²) in [5, 5.41) is 5.18. The van der Waals surface area contributed by atoms with Crippen LogP contribution in [0.3, 0.4) is 0 Å². The molecule has 5 nitrogen and oxygen atoms in total. The molecule has 2 heterocycles. The second kappa shape index (κ2) is 6.22. The molecule has 2 aromatic carbocycles. The van der Waals surface area contributed by atoms with Gasteiger partial charge in [0.1, 0.15) is 11.1 Å². The van der Waals surface area contributed by atoms with Crippen LogP contribution in [0.25, 0.3) is 16.7 Å². The van der Waals surface area contributed by atoms with E-state index >= 15 is 0 Å². The lowest BCUT2D eigenvalue weighted by Gasteiger charge is -2.07. The van der Waals surface area contributed by atoms with Gasteiger partial charge in [0.05, 0.1) is 11.9 Å². The van der Waals surface area contributed by atoms with Gasteiger partial charge in [-0.15, -0.1) is 0 Å². The van der Waals surface area contributed by atoms with Gasteiger partial charge in [-0.3, -0.25) is 0 Å². The minimum Gasteiger partial charge on any atom is -0.438 e.